The molecule has 2 aromatic carbocycles. The molecular formula is C25H26ClN3O4. The maximum absolute atomic E-state index is 10.5. The summed E-state index contributed by atoms with van der Waals surface area (Å²) in [6, 6.07) is 18.9. The van der Waals surface area contributed by atoms with Gasteiger partial charge >= 0.3 is 0 Å². The highest BCUT2D eigenvalue weighted by molar-refractivity contribution is 6.31. The molecular weight excluding hydrogens is 442 g/mol. The zero-order valence-corrected chi connectivity index (χ0v) is 19.1. The first-order chi connectivity index (χ1) is 16.1. The van der Waals surface area contributed by atoms with Crippen LogP contribution in [0.2, 0.25) is 5.02 Å². The fourth-order valence-electron chi connectivity index (χ4n) is 3.38. The molecule has 8 heteroatoms. The van der Waals surface area contributed by atoms with Crippen LogP contribution in [0.5, 0.6) is 5.75 Å². The molecule has 0 spiro atoms. The lowest BCUT2D eigenvalue weighted by molar-refractivity contribution is 0.0629. The van der Waals surface area contributed by atoms with Crippen molar-refractivity contribution in [2.24, 2.45) is 0 Å². The van der Waals surface area contributed by atoms with Crippen LogP contribution in [-0.4, -0.2) is 45.9 Å². The molecule has 0 bridgehead atoms. The van der Waals surface area contributed by atoms with Crippen LogP contribution in [0.15, 0.2) is 75.9 Å². The maximum atomic E-state index is 10.5. The first kappa shape index (κ1) is 23.0. The Morgan fingerprint density at radius 3 is 2.73 bits per heavy atom. The largest absolute Gasteiger partial charge is 0.491 e. The highest BCUT2D eigenvalue weighted by atomic mass is 35.5. The quantitative estimate of drug-likeness (QED) is 0.340. The van der Waals surface area contributed by atoms with Crippen LogP contribution in [0.25, 0.3) is 11.4 Å². The Hall–Kier alpha value is -3.13. The first-order valence-corrected chi connectivity index (χ1v) is 11.1. The molecule has 2 aromatic heterocycles. The van der Waals surface area contributed by atoms with Crippen molar-refractivity contribution in [3.63, 3.8) is 0 Å². The van der Waals surface area contributed by atoms with Gasteiger partial charge in [-0.2, -0.15) is 4.98 Å². The molecule has 33 heavy (non-hydrogen) atoms. The Labute approximate surface area is 197 Å². The number of halogens is 1. The highest BCUT2D eigenvalue weighted by Gasteiger charge is 2.17. The summed E-state index contributed by atoms with van der Waals surface area (Å²) < 4.78 is 16.6. The molecule has 0 fully saturated rings. The second-order valence-corrected chi connectivity index (χ2v) is 8.23. The monoisotopic (exact) mass is 467 g/mol. The molecule has 0 unspecified atom stereocenters. The number of hydrogen-bond donors (Lipinski definition) is 1. The molecule has 4 aromatic rings. The van der Waals surface area contributed by atoms with Crippen molar-refractivity contribution in [3.8, 4) is 17.1 Å². The molecule has 0 radical (unpaired) electrons. The Kier molecular flexibility index (Phi) is 7.78. The van der Waals surface area contributed by atoms with E-state index >= 15 is 0 Å². The number of para-hydroxylation sites is 1. The van der Waals surface area contributed by atoms with Crippen molar-refractivity contribution in [1.29, 1.82) is 0 Å². The third kappa shape index (κ3) is 6.68. The zero-order chi connectivity index (χ0) is 23.0. The first-order valence-electron chi connectivity index (χ1n) is 10.8. The molecule has 0 aliphatic carbocycles. The van der Waals surface area contributed by atoms with E-state index in [2.05, 4.69) is 15.0 Å². The van der Waals surface area contributed by atoms with Gasteiger partial charge in [-0.1, -0.05) is 47.1 Å². The van der Waals surface area contributed by atoms with Gasteiger partial charge in [-0.15, -0.1) is 0 Å². The predicted molar refractivity (Wildman–Crippen MR) is 125 cm³/mol. The van der Waals surface area contributed by atoms with E-state index in [1.807, 2.05) is 67.6 Å². The van der Waals surface area contributed by atoms with Gasteiger partial charge in [0.25, 0.3) is 0 Å². The van der Waals surface area contributed by atoms with E-state index < -0.39 is 6.10 Å². The number of aryl methyl sites for hydroxylation is 1. The van der Waals surface area contributed by atoms with Gasteiger partial charge < -0.3 is 18.8 Å². The van der Waals surface area contributed by atoms with Gasteiger partial charge in [0.05, 0.1) is 12.8 Å². The molecule has 4 rings (SSSR count). The third-order valence-corrected chi connectivity index (χ3v) is 5.56. The average Bonchev–Trinajstić information content (AvgIpc) is 3.51. The number of furan rings is 1. The van der Waals surface area contributed by atoms with Crippen LogP contribution in [0.3, 0.4) is 0 Å². The summed E-state index contributed by atoms with van der Waals surface area (Å²) in [5.74, 6) is 2.55. The SMILES string of the molecule is Cc1ccc(-c2noc(CCN(Cc3ccco3)C[C@@H](O)COc3ccccc3)n2)cc1Cl. The summed E-state index contributed by atoms with van der Waals surface area (Å²) in [6.07, 6.45) is 1.49. The van der Waals surface area contributed by atoms with Gasteiger partial charge in [-0.25, -0.2) is 0 Å². The Balaban J connectivity index is 1.36. The molecule has 1 atom stereocenters. The number of rotatable bonds is 11. The zero-order valence-electron chi connectivity index (χ0n) is 18.4. The summed E-state index contributed by atoms with van der Waals surface area (Å²) >= 11 is 6.22. The number of hydrogen-bond acceptors (Lipinski definition) is 7. The van der Waals surface area contributed by atoms with Crippen LogP contribution in [0, 0.1) is 6.92 Å². The van der Waals surface area contributed by atoms with Crippen molar-refractivity contribution < 1.29 is 18.8 Å². The van der Waals surface area contributed by atoms with Gasteiger partial charge in [-0.3, -0.25) is 4.90 Å². The van der Waals surface area contributed by atoms with Crippen molar-refractivity contribution >= 4 is 11.6 Å². The molecule has 172 valence electrons. The number of nitrogens with zero attached hydrogens (tertiary/aromatic N) is 3. The summed E-state index contributed by atoms with van der Waals surface area (Å²) in [6.45, 7) is 3.68. The van der Waals surface area contributed by atoms with E-state index in [4.69, 9.17) is 25.3 Å². The minimum absolute atomic E-state index is 0.192. The number of benzene rings is 2. The Morgan fingerprint density at radius 1 is 1.12 bits per heavy atom. The summed E-state index contributed by atoms with van der Waals surface area (Å²) in [5, 5.41) is 15.3. The molecule has 1 N–H and O–H groups in total. The van der Waals surface area contributed by atoms with Crippen LogP contribution in [-0.2, 0) is 13.0 Å². The summed E-state index contributed by atoms with van der Waals surface area (Å²) in [5.41, 5.74) is 1.80. The number of aliphatic hydroxyl groups excluding tert-OH is 1. The van der Waals surface area contributed by atoms with Gasteiger partial charge in [-0.05, 0) is 42.8 Å². The van der Waals surface area contributed by atoms with Crippen LogP contribution in [0.4, 0.5) is 0 Å². The lowest BCUT2D eigenvalue weighted by Crippen LogP contribution is -2.36. The fraction of sp³-hybridized carbons (Fsp3) is 0.280. The van der Waals surface area contributed by atoms with Gasteiger partial charge in [0.2, 0.25) is 11.7 Å². The molecule has 0 aliphatic heterocycles. The molecule has 0 aliphatic rings. The molecule has 7 nitrogen and oxygen atoms in total. The third-order valence-electron chi connectivity index (χ3n) is 5.15. The number of aromatic nitrogens is 2. The molecule has 0 amide bonds. The van der Waals surface area contributed by atoms with E-state index in [1.165, 1.54) is 0 Å². The topological polar surface area (TPSA) is 84.8 Å². The Morgan fingerprint density at radius 2 is 1.97 bits per heavy atom. The molecule has 0 saturated carbocycles. The van der Waals surface area contributed by atoms with Gasteiger partial charge in [0, 0.05) is 30.1 Å². The minimum Gasteiger partial charge on any atom is -0.491 e. The standard InChI is InChI=1S/C25H26ClN3O4/c1-18-9-10-19(14-23(18)26)25-27-24(33-28-25)11-12-29(16-22-8-5-13-31-22)15-20(30)17-32-21-6-3-2-4-7-21/h2-10,13-14,20,30H,11-12,15-17H2,1H3/t20-/m1/s1. The predicted octanol–water partition coefficient (Wildman–Crippen LogP) is 4.78. The van der Waals surface area contributed by atoms with Gasteiger partial charge in [0.15, 0.2) is 0 Å². The smallest absolute Gasteiger partial charge is 0.228 e. The van der Waals surface area contributed by atoms with E-state index in [-0.39, 0.29) is 6.61 Å². The number of aliphatic hydroxyl groups is 1. The summed E-state index contributed by atoms with van der Waals surface area (Å²) in [7, 11) is 0. The van der Waals surface area contributed by atoms with Crippen LogP contribution < -0.4 is 4.74 Å². The molecule has 2 heterocycles. The number of ether oxygens (including phenoxy) is 1. The minimum atomic E-state index is -0.673. The summed E-state index contributed by atoms with van der Waals surface area (Å²) in [4.78, 5) is 6.58. The highest BCUT2D eigenvalue weighted by Crippen LogP contribution is 2.23. The normalized spacial score (nSPS) is 12.2. The van der Waals surface area contributed by atoms with Crippen molar-refractivity contribution in [2.45, 2.75) is 26.0 Å². The van der Waals surface area contributed by atoms with Crippen LogP contribution in [0.1, 0.15) is 17.2 Å². The van der Waals surface area contributed by atoms with Crippen molar-refractivity contribution in [1.82, 2.24) is 15.0 Å². The van der Waals surface area contributed by atoms with Gasteiger partial charge in [0.1, 0.15) is 24.2 Å². The lowest BCUT2D eigenvalue weighted by atomic mass is 10.1. The van der Waals surface area contributed by atoms with E-state index in [0.29, 0.717) is 42.8 Å². The van der Waals surface area contributed by atoms with E-state index in [1.54, 1.807) is 6.26 Å². The second kappa shape index (κ2) is 11.1. The van der Waals surface area contributed by atoms with Crippen molar-refractivity contribution in [2.75, 3.05) is 19.7 Å². The Bertz CT molecular complexity index is 1130. The van der Waals surface area contributed by atoms with E-state index in [9.17, 15) is 5.11 Å². The van der Waals surface area contributed by atoms with E-state index in [0.717, 1.165) is 22.6 Å². The molecule has 0 saturated heterocycles. The average molecular weight is 468 g/mol. The fourth-order valence-corrected chi connectivity index (χ4v) is 3.56. The van der Waals surface area contributed by atoms with Crippen molar-refractivity contribution in [3.05, 3.63) is 89.2 Å². The second-order valence-electron chi connectivity index (χ2n) is 7.82. The van der Waals surface area contributed by atoms with Crippen LogP contribution >= 0.6 is 11.6 Å². The lowest BCUT2D eigenvalue weighted by Gasteiger charge is -2.23. The maximum Gasteiger partial charge on any atom is 0.228 e.